The van der Waals surface area contributed by atoms with Gasteiger partial charge in [-0.2, -0.15) is 0 Å². The molecule has 18 nitrogen and oxygen atoms in total. The summed E-state index contributed by atoms with van der Waals surface area (Å²) in [5.41, 5.74) is 11.2. The molecule has 15 aliphatic rings. The highest BCUT2D eigenvalue weighted by Gasteiger charge is 2.74. The molecule has 1 aromatic carbocycles. The van der Waals surface area contributed by atoms with E-state index in [1.807, 2.05) is 14.0 Å². The zero-order valence-corrected chi connectivity index (χ0v) is 88.0. The molecule has 12 saturated carbocycles. The number of nitrogens with one attached hydrogen (secondary N) is 3. The molecule has 0 radical (unpaired) electrons. The summed E-state index contributed by atoms with van der Waals surface area (Å²) in [5.74, 6) is 4.81. The number of fused-ring (bicyclic) bond motifs is 21. The molecule has 24 atom stereocenters. The fourth-order valence-electron chi connectivity index (χ4n) is 37.6. The van der Waals surface area contributed by atoms with Crippen molar-refractivity contribution in [2.45, 2.75) is 434 Å². The normalized spacial score (nSPS) is 41.8. The van der Waals surface area contributed by atoms with Gasteiger partial charge in [0.2, 0.25) is 17.7 Å². The molecule has 4 aromatic rings. The Balaban J connectivity index is 0.495. The maximum absolute atomic E-state index is 15.2. The van der Waals surface area contributed by atoms with Gasteiger partial charge < -0.3 is 31.3 Å². The summed E-state index contributed by atoms with van der Waals surface area (Å²) in [6.07, 6.45) is 52.9. The fourth-order valence-corrected chi connectivity index (χ4v) is 37.6. The van der Waals surface area contributed by atoms with Crippen molar-refractivity contribution in [1.29, 1.82) is 0 Å². The number of aliphatic hydroxyl groups excluding tert-OH is 3. The van der Waals surface area contributed by atoms with Crippen LogP contribution in [0.1, 0.15) is 410 Å². The number of carbonyl (C=O) groups excluding carboxylic acids is 3. The molecule has 0 saturated heterocycles. The maximum atomic E-state index is 15.2. The van der Waals surface area contributed by atoms with Gasteiger partial charge >= 0.3 is 0 Å². The summed E-state index contributed by atoms with van der Waals surface area (Å²) in [7, 11) is 0. The van der Waals surface area contributed by atoms with Crippen LogP contribution in [0.4, 0.5) is 0 Å². The number of unbranched alkanes of at least 4 members (excludes halogenated alkanes) is 3. The Morgan fingerprint density at radius 2 is 0.585 bits per heavy atom. The van der Waals surface area contributed by atoms with Crippen molar-refractivity contribution >= 4 is 17.7 Å². The van der Waals surface area contributed by atoms with Crippen molar-refractivity contribution in [1.82, 2.24) is 60.9 Å². The van der Waals surface area contributed by atoms with Crippen LogP contribution < -0.4 is 16.0 Å². The van der Waals surface area contributed by atoms with Crippen LogP contribution in [0.25, 0.3) is 0 Å². The Bertz CT molecular complexity index is 4720. The first-order valence-electron chi connectivity index (χ1n) is 55.2. The monoisotopic (exact) mass is 1850 g/mol. The average Bonchev–Trinajstić information content (AvgIpc) is 1.06. The van der Waals surface area contributed by atoms with E-state index >= 15 is 14.4 Å². The summed E-state index contributed by atoms with van der Waals surface area (Å²) in [6, 6.07) is 6.80. The van der Waals surface area contributed by atoms with Gasteiger partial charge in [-0.05, 0) is 402 Å². The van der Waals surface area contributed by atoms with Gasteiger partial charge in [-0.15, -0.1) is 15.3 Å². The molecular formula is C117H180N12O6. The van der Waals surface area contributed by atoms with Crippen LogP contribution in [0.2, 0.25) is 0 Å². The predicted molar refractivity (Wildman–Crippen MR) is 537 cm³/mol. The minimum absolute atomic E-state index is 0.0422. The second kappa shape index (κ2) is 34.2. The number of aryl methyl sites for hydroxylation is 3. The van der Waals surface area contributed by atoms with Crippen LogP contribution >= 0.6 is 0 Å². The van der Waals surface area contributed by atoms with Crippen LogP contribution in [-0.4, -0.2) is 116 Å². The second-order valence-electron chi connectivity index (χ2n) is 55.8. The van der Waals surface area contributed by atoms with E-state index in [-0.39, 0.29) is 151 Å². The zero-order chi connectivity index (χ0) is 96.1. The van der Waals surface area contributed by atoms with Crippen molar-refractivity contribution in [3.8, 4) is 0 Å². The largest absolute Gasteiger partial charge is 0.393 e. The quantitative estimate of drug-likeness (QED) is 0.0284. The lowest BCUT2D eigenvalue weighted by molar-refractivity contribution is -0.203. The lowest BCUT2D eigenvalue weighted by Gasteiger charge is -2.71. The highest BCUT2D eigenvalue weighted by atomic mass is 16.3. The van der Waals surface area contributed by atoms with Crippen molar-refractivity contribution in [3.05, 3.63) is 106 Å². The van der Waals surface area contributed by atoms with E-state index in [0.717, 1.165) is 246 Å². The molecule has 0 bridgehead atoms. The number of aromatic nitrogens is 9. The SMILES string of the molecule is CC1(C)CC[C@]2(C(=O)NCCCCc3cn(Cc4cc(Cn5cc(CCCCNC(=O)[C@]67CCC(C)(C)C[C@H]6C6=CC[C@@H]8[C@@]9(C)CC[C@H](O)C(C)(C)[C@@H]9CC[C@@]8(C)[C@]6(C)CC7)nn5)cc(Cn5cc(CCCCNC(=O)[C@]67CCC(C)(C)C[C@H]6C6=CC[C@@H]8[C@@]9(C)CC[C@H](O)C(C)(C)[C@@H]9CC[C@@]8(C)[C@]6(C)CC7)nn5)c4)nn3)CC[C@]3(C)C(=CC[C@@H]4[C@@]5(C)CC[C@H](O)C(C)(C)[C@@H]5CC[C@]43C)[C@@H]2C1. The lowest BCUT2D eigenvalue weighted by atomic mass is 9.33. The smallest absolute Gasteiger partial charge is 0.226 e. The van der Waals surface area contributed by atoms with E-state index < -0.39 is 0 Å². The molecule has 12 fully saturated rings. The first-order valence-corrected chi connectivity index (χ1v) is 55.2. The Morgan fingerprint density at radius 3 is 0.852 bits per heavy atom. The number of carbonyl (C=O) groups is 3. The van der Waals surface area contributed by atoms with E-state index in [9.17, 15) is 15.3 Å². The van der Waals surface area contributed by atoms with Gasteiger partial charge in [0.15, 0.2) is 0 Å². The van der Waals surface area contributed by atoms with E-state index in [1.165, 1.54) is 38.5 Å². The molecule has 3 heterocycles. The molecule has 0 unspecified atom stereocenters. The highest BCUT2D eigenvalue weighted by molar-refractivity contribution is 5.85. The average molecular weight is 1850 g/mol. The number of nitrogens with zero attached hydrogens (tertiary/aromatic N) is 9. The van der Waals surface area contributed by atoms with Gasteiger partial charge in [0, 0.05) is 38.2 Å². The number of aliphatic hydroxyl groups is 3. The maximum Gasteiger partial charge on any atom is 0.226 e. The Hall–Kier alpha value is -5.85. The molecule has 3 amide bonds. The molecule has 744 valence electrons. The number of rotatable bonds is 24. The first-order chi connectivity index (χ1) is 63.4. The van der Waals surface area contributed by atoms with Gasteiger partial charge in [0.1, 0.15) is 0 Å². The van der Waals surface area contributed by atoms with Crippen LogP contribution in [0.5, 0.6) is 0 Å². The second-order valence-corrected chi connectivity index (χ2v) is 55.8. The summed E-state index contributed by atoms with van der Waals surface area (Å²) >= 11 is 0. The predicted octanol–water partition coefficient (Wildman–Crippen LogP) is 23.4. The standard InChI is InChI=1S/C117H180N12O6/c1-100(2)49-55-115(58-52-109(16)82(85(115)67-100)31-34-91-106(13)43-40-94(130)103(7,8)88(106)37-46-112(91,109)19)97(133)118-61-25-22-28-79-73-127(124-121-79)70-76-64-77(71-128-74-80(122-125-128)29-23-26-62-119-98(134)116-56-50-101(3,4)68-86(116)83-32-35-92-107(14)44-41-95(131)104(9,10)89(107)38-47-113(92,20)110(83,17)53-59-116)66-78(65-76)72-129-75-81(123-126-129)30-24-27-63-120-99(135)117-57-51-102(5,6)69-87(117)84-33-36-93-108(15)45-42-96(132)105(11,12)90(108)39-48-114(93,21)111(84,18)54-60-117/h31-33,64-66,73-75,85-96,130-132H,22-30,34-63,67-72H2,1-21H3,(H,118,133)(H,119,134)(H,120,135)/t85-,86-,87-,88-,89-,90-,91+,92+,93+,94-,95-,96-,106-,107-,108-,109+,110+,111+,112+,113+,114+,115-,116-,117-/m0/s1. The number of benzene rings is 1. The van der Waals surface area contributed by atoms with Crippen LogP contribution in [0, 0.1) is 151 Å². The summed E-state index contributed by atoms with van der Waals surface area (Å²) in [4.78, 5) is 45.6. The number of hydrogen-bond acceptors (Lipinski definition) is 12. The number of allylic oxidation sites excluding steroid dienone is 6. The van der Waals surface area contributed by atoms with Crippen LogP contribution in [0.3, 0.4) is 0 Å². The third kappa shape index (κ3) is 15.7. The number of amides is 3. The minimum Gasteiger partial charge on any atom is -0.393 e. The van der Waals surface area contributed by atoms with E-state index in [1.54, 1.807) is 16.7 Å². The number of hydrogen-bond donors (Lipinski definition) is 6. The van der Waals surface area contributed by atoms with E-state index in [0.29, 0.717) is 74.8 Å². The lowest BCUT2D eigenvalue weighted by Crippen LogP contribution is -2.65. The van der Waals surface area contributed by atoms with Crippen molar-refractivity contribution in [2.75, 3.05) is 19.6 Å². The third-order valence-corrected chi connectivity index (χ3v) is 46.5. The Morgan fingerprint density at radius 1 is 0.326 bits per heavy atom. The van der Waals surface area contributed by atoms with Gasteiger partial charge in [-0.3, -0.25) is 14.4 Å². The molecule has 18 heteroatoms. The van der Waals surface area contributed by atoms with Gasteiger partial charge in [0.05, 0.1) is 71.3 Å². The van der Waals surface area contributed by atoms with Crippen molar-refractivity contribution in [3.63, 3.8) is 0 Å². The molecule has 19 rings (SSSR count). The molecular weight excluding hydrogens is 1670 g/mol. The third-order valence-electron chi connectivity index (χ3n) is 46.5. The van der Waals surface area contributed by atoms with E-state index in [2.05, 4.69) is 216 Å². The Kier molecular flexibility index (Phi) is 24.8. The van der Waals surface area contributed by atoms with Gasteiger partial charge in [-0.25, -0.2) is 14.0 Å². The van der Waals surface area contributed by atoms with Crippen molar-refractivity contribution < 1.29 is 29.7 Å². The van der Waals surface area contributed by atoms with Gasteiger partial charge in [0.25, 0.3) is 0 Å². The Labute approximate surface area is 813 Å². The molecule has 3 aromatic heterocycles. The van der Waals surface area contributed by atoms with Gasteiger partial charge in [-0.1, -0.05) is 214 Å². The minimum atomic E-state index is -0.383. The zero-order valence-electron chi connectivity index (χ0n) is 88.0. The topological polar surface area (TPSA) is 240 Å². The molecule has 6 N–H and O–H groups in total. The molecule has 0 spiro atoms. The summed E-state index contributed by atoms with van der Waals surface area (Å²) in [6.45, 7) is 55.9. The highest BCUT2D eigenvalue weighted by Crippen LogP contribution is 2.81. The summed E-state index contributed by atoms with van der Waals surface area (Å²) < 4.78 is 5.90. The van der Waals surface area contributed by atoms with Crippen LogP contribution in [-0.2, 0) is 53.3 Å². The molecule has 15 aliphatic carbocycles. The molecule has 0 aliphatic heterocycles. The molecule has 135 heavy (non-hydrogen) atoms. The summed E-state index contributed by atoms with van der Waals surface area (Å²) in [5, 5.41) is 73.4. The fraction of sp³-hybridized carbons (Fsp3) is 0.821. The first kappa shape index (κ1) is 98.0. The van der Waals surface area contributed by atoms with Crippen molar-refractivity contribution in [2.24, 2.45) is 151 Å². The van der Waals surface area contributed by atoms with Crippen LogP contribution in [0.15, 0.2) is 71.7 Å². The van der Waals surface area contributed by atoms with E-state index in [4.69, 9.17) is 30.9 Å².